The Hall–Kier alpha value is -4.06. The number of aromatic nitrogens is 1. The first-order chi connectivity index (χ1) is 15.7. The van der Waals surface area contributed by atoms with Crippen molar-refractivity contribution in [3.8, 4) is 34.3 Å². The van der Waals surface area contributed by atoms with Gasteiger partial charge in [0.05, 0.1) is 25.5 Å². The van der Waals surface area contributed by atoms with E-state index in [1.54, 1.807) is 19.4 Å². The number of hydrogen-bond acceptors (Lipinski definition) is 5. The molecule has 0 bridgehead atoms. The van der Waals surface area contributed by atoms with Crippen LogP contribution in [0, 0.1) is 0 Å². The number of nitrogens with zero attached hydrogens (tertiary/aromatic N) is 1. The molecule has 0 fully saturated rings. The van der Waals surface area contributed by atoms with Crippen molar-refractivity contribution < 1.29 is 18.7 Å². The zero-order valence-electron chi connectivity index (χ0n) is 18.0. The van der Waals surface area contributed by atoms with Gasteiger partial charge in [0.2, 0.25) is 5.89 Å². The van der Waals surface area contributed by atoms with E-state index in [0.29, 0.717) is 47.4 Å². The first-order valence-corrected chi connectivity index (χ1v) is 10.4. The van der Waals surface area contributed by atoms with E-state index in [9.17, 15) is 4.79 Å². The lowest BCUT2D eigenvalue weighted by atomic mass is 10.1. The summed E-state index contributed by atoms with van der Waals surface area (Å²) in [6.45, 7) is 2.81. The second-order valence-corrected chi connectivity index (χ2v) is 7.04. The van der Waals surface area contributed by atoms with Crippen molar-refractivity contribution in [3.05, 3.63) is 90.1 Å². The Kier molecular flexibility index (Phi) is 6.51. The van der Waals surface area contributed by atoms with Gasteiger partial charge in [0, 0.05) is 17.7 Å². The molecule has 0 aliphatic rings. The van der Waals surface area contributed by atoms with Gasteiger partial charge in [-0.1, -0.05) is 48.5 Å². The molecule has 32 heavy (non-hydrogen) atoms. The largest absolute Gasteiger partial charge is 0.493 e. The zero-order valence-corrected chi connectivity index (χ0v) is 18.0. The molecule has 162 valence electrons. The Balaban J connectivity index is 1.52. The first kappa shape index (κ1) is 21.2. The fraction of sp³-hybridized carbons (Fsp3) is 0.154. The summed E-state index contributed by atoms with van der Waals surface area (Å²) < 4.78 is 16.9. The monoisotopic (exact) mass is 428 g/mol. The molecule has 6 heteroatoms. The van der Waals surface area contributed by atoms with Gasteiger partial charge in [-0.05, 0) is 36.8 Å². The van der Waals surface area contributed by atoms with E-state index in [1.807, 2.05) is 73.7 Å². The van der Waals surface area contributed by atoms with Crippen molar-refractivity contribution in [1.82, 2.24) is 10.3 Å². The predicted molar refractivity (Wildman–Crippen MR) is 123 cm³/mol. The van der Waals surface area contributed by atoms with Gasteiger partial charge in [-0.3, -0.25) is 4.79 Å². The van der Waals surface area contributed by atoms with Gasteiger partial charge in [-0.2, -0.15) is 0 Å². The Labute approximate surface area is 186 Å². The van der Waals surface area contributed by atoms with E-state index in [1.165, 1.54) is 0 Å². The normalized spacial score (nSPS) is 10.6. The average Bonchev–Trinajstić information content (AvgIpc) is 3.34. The summed E-state index contributed by atoms with van der Waals surface area (Å²) in [5, 5.41) is 2.96. The second-order valence-electron chi connectivity index (χ2n) is 7.04. The highest BCUT2D eigenvalue weighted by Gasteiger charge is 2.17. The number of rotatable bonds is 8. The lowest BCUT2D eigenvalue weighted by Crippen LogP contribution is -2.23. The van der Waals surface area contributed by atoms with Crippen molar-refractivity contribution in [3.63, 3.8) is 0 Å². The van der Waals surface area contributed by atoms with E-state index in [-0.39, 0.29) is 5.91 Å². The minimum atomic E-state index is -0.215. The molecule has 3 aromatic carbocycles. The number of methoxy groups -OCH3 is 1. The average molecular weight is 428 g/mol. The van der Waals surface area contributed by atoms with Crippen LogP contribution in [0.2, 0.25) is 0 Å². The van der Waals surface area contributed by atoms with E-state index < -0.39 is 0 Å². The summed E-state index contributed by atoms with van der Waals surface area (Å²) in [7, 11) is 1.59. The van der Waals surface area contributed by atoms with Crippen LogP contribution in [0.3, 0.4) is 0 Å². The number of carbonyl (C=O) groups is 1. The van der Waals surface area contributed by atoms with Gasteiger partial charge in [0.1, 0.15) is 0 Å². The van der Waals surface area contributed by atoms with E-state index in [0.717, 1.165) is 11.1 Å². The Morgan fingerprint density at radius 2 is 1.78 bits per heavy atom. The molecule has 0 radical (unpaired) electrons. The minimum Gasteiger partial charge on any atom is -0.493 e. The molecule has 0 saturated carbocycles. The van der Waals surface area contributed by atoms with Crippen molar-refractivity contribution in [2.24, 2.45) is 0 Å². The summed E-state index contributed by atoms with van der Waals surface area (Å²) in [5.74, 6) is 2.14. The number of amides is 1. The van der Waals surface area contributed by atoms with Gasteiger partial charge in [0.15, 0.2) is 17.3 Å². The third kappa shape index (κ3) is 4.64. The summed E-state index contributed by atoms with van der Waals surface area (Å²) >= 11 is 0. The maximum absolute atomic E-state index is 13.0. The number of carbonyl (C=O) groups excluding carboxylic acids is 1. The molecule has 0 aliphatic carbocycles. The van der Waals surface area contributed by atoms with Crippen LogP contribution in [0.1, 0.15) is 22.8 Å². The molecule has 4 rings (SSSR count). The molecule has 1 aromatic heterocycles. The minimum absolute atomic E-state index is 0.215. The molecular weight excluding hydrogens is 404 g/mol. The number of ether oxygens (including phenoxy) is 2. The molecule has 0 atom stereocenters. The fourth-order valence-electron chi connectivity index (χ4n) is 3.38. The van der Waals surface area contributed by atoms with E-state index in [2.05, 4.69) is 10.3 Å². The lowest BCUT2D eigenvalue weighted by Gasteiger charge is -2.12. The maximum atomic E-state index is 13.0. The summed E-state index contributed by atoms with van der Waals surface area (Å²) in [6, 6.07) is 22.6. The number of nitrogens with one attached hydrogen (secondary N) is 1. The van der Waals surface area contributed by atoms with Crippen LogP contribution >= 0.6 is 0 Å². The van der Waals surface area contributed by atoms with Gasteiger partial charge in [-0.15, -0.1) is 0 Å². The Morgan fingerprint density at radius 3 is 2.56 bits per heavy atom. The molecular formula is C26H24N2O4. The summed E-state index contributed by atoms with van der Waals surface area (Å²) in [5.41, 5.74) is 2.96. The van der Waals surface area contributed by atoms with Gasteiger partial charge in [-0.25, -0.2) is 4.98 Å². The van der Waals surface area contributed by atoms with Crippen LogP contribution in [0.5, 0.6) is 11.5 Å². The predicted octanol–water partition coefficient (Wildman–Crippen LogP) is 5.35. The van der Waals surface area contributed by atoms with Crippen molar-refractivity contribution in [2.45, 2.75) is 13.5 Å². The molecule has 4 aromatic rings. The molecule has 0 saturated heterocycles. The molecule has 1 heterocycles. The standard InChI is InChI=1S/C26H24N2O4/c1-3-31-22-14-13-18(15-23(22)30-2)16-27-25(29)20-11-7-8-12-21(20)26-28-17-24(32-26)19-9-5-4-6-10-19/h4-15,17H,3,16H2,1-2H3,(H,27,29). The van der Waals surface area contributed by atoms with Crippen LogP contribution in [-0.4, -0.2) is 24.6 Å². The number of benzene rings is 3. The van der Waals surface area contributed by atoms with Crippen molar-refractivity contribution >= 4 is 5.91 Å². The second kappa shape index (κ2) is 9.83. The number of oxazole rings is 1. The quantitative estimate of drug-likeness (QED) is 0.410. The molecule has 1 amide bonds. The third-order valence-corrected chi connectivity index (χ3v) is 4.95. The van der Waals surface area contributed by atoms with Crippen LogP contribution in [0.25, 0.3) is 22.8 Å². The van der Waals surface area contributed by atoms with Crippen LogP contribution in [0.4, 0.5) is 0 Å². The SMILES string of the molecule is CCOc1ccc(CNC(=O)c2ccccc2-c2ncc(-c3ccccc3)o2)cc1OC. The van der Waals surface area contributed by atoms with E-state index >= 15 is 0 Å². The van der Waals surface area contributed by atoms with Gasteiger partial charge in [0.25, 0.3) is 5.91 Å². The van der Waals surface area contributed by atoms with Crippen LogP contribution in [0.15, 0.2) is 83.4 Å². The first-order valence-electron chi connectivity index (χ1n) is 10.4. The fourth-order valence-corrected chi connectivity index (χ4v) is 3.38. The van der Waals surface area contributed by atoms with Gasteiger partial charge < -0.3 is 19.2 Å². The van der Waals surface area contributed by atoms with Crippen molar-refractivity contribution in [1.29, 1.82) is 0 Å². The number of hydrogen-bond donors (Lipinski definition) is 1. The van der Waals surface area contributed by atoms with Crippen molar-refractivity contribution in [2.75, 3.05) is 13.7 Å². The lowest BCUT2D eigenvalue weighted by molar-refractivity contribution is 0.0951. The molecule has 0 spiro atoms. The highest BCUT2D eigenvalue weighted by atomic mass is 16.5. The third-order valence-electron chi connectivity index (χ3n) is 4.95. The summed E-state index contributed by atoms with van der Waals surface area (Å²) in [4.78, 5) is 17.4. The van der Waals surface area contributed by atoms with E-state index in [4.69, 9.17) is 13.9 Å². The Bertz CT molecular complexity index is 1200. The van der Waals surface area contributed by atoms with Crippen LogP contribution < -0.4 is 14.8 Å². The highest BCUT2D eigenvalue weighted by molar-refractivity contribution is 6.00. The summed E-state index contributed by atoms with van der Waals surface area (Å²) in [6.07, 6.45) is 1.67. The highest BCUT2D eigenvalue weighted by Crippen LogP contribution is 2.29. The van der Waals surface area contributed by atoms with Crippen LogP contribution in [-0.2, 0) is 6.54 Å². The maximum Gasteiger partial charge on any atom is 0.252 e. The molecule has 0 unspecified atom stereocenters. The molecule has 6 nitrogen and oxygen atoms in total. The topological polar surface area (TPSA) is 73.6 Å². The smallest absolute Gasteiger partial charge is 0.252 e. The molecule has 1 N–H and O–H groups in total. The Morgan fingerprint density at radius 1 is 1.00 bits per heavy atom. The molecule has 0 aliphatic heterocycles. The van der Waals surface area contributed by atoms with Gasteiger partial charge >= 0.3 is 0 Å². The zero-order chi connectivity index (χ0) is 22.3.